The Morgan fingerprint density at radius 3 is 2.81 bits per heavy atom. The number of nitrogens with zero attached hydrogens (tertiary/aromatic N) is 1. The molecule has 0 spiro atoms. The van der Waals surface area contributed by atoms with Crippen molar-refractivity contribution in [3.05, 3.63) is 34.2 Å². The van der Waals surface area contributed by atoms with Crippen LogP contribution in [0.15, 0.2) is 23.0 Å². The van der Waals surface area contributed by atoms with Gasteiger partial charge in [-0.3, -0.25) is 9.36 Å². The number of H-pyrrole nitrogens is 1. The van der Waals surface area contributed by atoms with Crippen molar-refractivity contribution in [2.45, 2.75) is 26.3 Å². The van der Waals surface area contributed by atoms with Crippen LogP contribution in [0.1, 0.15) is 30.1 Å². The molecule has 7 heteroatoms. The van der Waals surface area contributed by atoms with Crippen molar-refractivity contribution in [2.24, 2.45) is 0 Å². The number of imidazole rings is 1. The molecule has 112 valence electrons. The number of carbonyl (C=O) groups is 2. The molecule has 2 aromatic rings. The normalized spacial score (nSPS) is 10.7. The largest absolute Gasteiger partial charge is 0.478 e. The van der Waals surface area contributed by atoms with Crippen molar-refractivity contribution in [3.63, 3.8) is 0 Å². The van der Waals surface area contributed by atoms with E-state index in [0.717, 1.165) is 0 Å². The standard InChI is InChI=1S/C14H16N2O5/c1-2-21-12(17)4-3-7-16-11-8-9(13(18)19)5-6-10(11)15-14(16)20/h5-6,8H,2-4,7H2,1H3,(H,15,20)(H,18,19). The Balaban J connectivity index is 2.20. The molecule has 1 aromatic carbocycles. The maximum Gasteiger partial charge on any atom is 0.335 e. The molecular weight excluding hydrogens is 276 g/mol. The van der Waals surface area contributed by atoms with Crippen molar-refractivity contribution in [1.82, 2.24) is 9.55 Å². The number of nitrogens with one attached hydrogen (secondary N) is 1. The Labute approximate surface area is 120 Å². The molecule has 1 heterocycles. The van der Waals surface area contributed by atoms with Gasteiger partial charge in [-0.15, -0.1) is 0 Å². The highest BCUT2D eigenvalue weighted by Crippen LogP contribution is 2.14. The number of esters is 1. The first kappa shape index (κ1) is 14.8. The average Bonchev–Trinajstić information content (AvgIpc) is 2.74. The molecule has 0 unspecified atom stereocenters. The third-order valence-corrected chi connectivity index (χ3v) is 3.09. The second-order valence-corrected chi connectivity index (χ2v) is 4.53. The summed E-state index contributed by atoms with van der Waals surface area (Å²) in [6, 6.07) is 4.44. The number of hydrogen-bond donors (Lipinski definition) is 2. The molecule has 0 atom stereocenters. The van der Waals surface area contributed by atoms with E-state index in [2.05, 4.69) is 4.98 Å². The van der Waals surface area contributed by atoms with Crippen molar-refractivity contribution in [1.29, 1.82) is 0 Å². The van der Waals surface area contributed by atoms with Gasteiger partial charge in [0.25, 0.3) is 0 Å². The lowest BCUT2D eigenvalue weighted by molar-refractivity contribution is -0.143. The zero-order valence-electron chi connectivity index (χ0n) is 11.6. The highest BCUT2D eigenvalue weighted by atomic mass is 16.5. The SMILES string of the molecule is CCOC(=O)CCCn1c(=O)[nH]c2ccc(C(=O)O)cc21. The maximum absolute atomic E-state index is 11.9. The van der Waals surface area contributed by atoms with Gasteiger partial charge in [-0.25, -0.2) is 9.59 Å². The summed E-state index contributed by atoms with van der Waals surface area (Å²) in [6.45, 7) is 2.38. The Bertz CT molecular complexity index is 729. The first-order chi connectivity index (χ1) is 10.0. The molecule has 2 N–H and O–H groups in total. The summed E-state index contributed by atoms with van der Waals surface area (Å²) in [5, 5.41) is 8.99. The smallest absolute Gasteiger partial charge is 0.335 e. The number of aromatic nitrogens is 2. The summed E-state index contributed by atoms with van der Waals surface area (Å²) in [5.74, 6) is -1.36. The minimum Gasteiger partial charge on any atom is -0.478 e. The van der Waals surface area contributed by atoms with E-state index < -0.39 is 5.97 Å². The number of carboxylic acids is 1. The van der Waals surface area contributed by atoms with Crippen LogP contribution in [0.5, 0.6) is 0 Å². The third-order valence-electron chi connectivity index (χ3n) is 3.09. The lowest BCUT2D eigenvalue weighted by Gasteiger charge is -2.04. The van der Waals surface area contributed by atoms with Gasteiger partial charge in [0.15, 0.2) is 0 Å². The summed E-state index contributed by atoms with van der Waals surface area (Å²) < 4.78 is 6.25. The third kappa shape index (κ3) is 3.31. The monoisotopic (exact) mass is 292 g/mol. The number of ether oxygens (including phenoxy) is 1. The number of benzene rings is 1. The van der Waals surface area contributed by atoms with Crippen LogP contribution in [0, 0.1) is 0 Å². The van der Waals surface area contributed by atoms with E-state index in [4.69, 9.17) is 9.84 Å². The number of carboxylic acid groups (broad SMARTS) is 1. The molecular formula is C14H16N2O5. The number of rotatable bonds is 6. The quantitative estimate of drug-likeness (QED) is 0.783. The van der Waals surface area contributed by atoms with Gasteiger partial charge in [-0.2, -0.15) is 0 Å². The molecule has 0 aliphatic carbocycles. The van der Waals surface area contributed by atoms with Gasteiger partial charge in [0, 0.05) is 13.0 Å². The molecule has 2 rings (SSSR count). The number of aromatic carboxylic acids is 1. The zero-order valence-corrected chi connectivity index (χ0v) is 11.6. The second kappa shape index (κ2) is 6.25. The fourth-order valence-corrected chi connectivity index (χ4v) is 2.12. The lowest BCUT2D eigenvalue weighted by Crippen LogP contribution is -2.17. The van der Waals surface area contributed by atoms with Gasteiger partial charge >= 0.3 is 17.6 Å². The number of carbonyl (C=O) groups excluding carboxylic acids is 1. The van der Waals surface area contributed by atoms with Crippen molar-refractivity contribution in [2.75, 3.05) is 6.61 Å². The van der Waals surface area contributed by atoms with Crippen molar-refractivity contribution >= 4 is 23.0 Å². The summed E-state index contributed by atoms with van der Waals surface area (Å²) >= 11 is 0. The second-order valence-electron chi connectivity index (χ2n) is 4.53. The zero-order chi connectivity index (χ0) is 15.4. The summed E-state index contributed by atoms with van der Waals surface area (Å²) in [7, 11) is 0. The molecule has 0 aliphatic heterocycles. The van der Waals surface area contributed by atoms with Gasteiger partial charge in [-0.1, -0.05) is 0 Å². The van der Waals surface area contributed by atoms with Crippen molar-refractivity contribution in [3.8, 4) is 0 Å². The molecule has 0 fully saturated rings. The molecule has 7 nitrogen and oxygen atoms in total. The molecule has 0 saturated heterocycles. The van der Waals surface area contributed by atoms with Gasteiger partial charge < -0.3 is 14.8 Å². The van der Waals surface area contributed by atoms with Gasteiger partial charge in [-0.05, 0) is 31.5 Å². The van der Waals surface area contributed by atoms with E-state index in [-0.39, 0.29) is 23.6 Å². The average molecular weight is 292 g/mol. The van der Waals surface area contributed by atoms with Crippen LogP contribution in [-0.2, 0) is 16.1 Å². The van der Waals surface area contributed by atoms with Crippen LogP contribution < -0.4 is 5.69 Å². The van der Waals surface area contributed by atoms with Gasteiger partial charge in [0.1, 0.15) is 0 Å². The van der Waals surface area contributed by atoms with Crippen LogP contribution in [0.2, 0.25) is 0 Å². The van der Waals surface area contributed by atoms with Crippen LogP contribution in [0.25, 0.3) is 11.0 Å². The van der Waals surface area contributed by atoms with Gasteiger partial charge in [0.2, 0.25) is 0 Å². The van der Waals surface area contributed by atoms with Crippen molar-refractivity contribution < 1.29 is 19.4 Å². The Hall–Kier alpha value is -2.57. The minimum absolute atomic E-state index is 0.112. The fourth-order valence-electron chi connectivity index (χ4n) is 2.12. The van der Waals surface area contributed by atoms with E-state index in [0.29, 0.717) is 30.6 Å². The number of hydrogen-bond acceptors (Lipinski definition) is 4. The first-order valence-corrected chi connectivity index (χ1v) is 6.64. The maximum atomic E-state index is 11.9. The Morgan fingerprint density at radius 1 is 1.38 bits per heavy atom. The molecule has 0 bridgehead atoms. The van der Waals surface area contributed by atoms with Crippen LogP contribution in [0.3, 0.4) is 0 Å². The molecule has 0 aliphatic rings. The van der Waals surface area contributed by atoms with E-state index in [1.165, 1.54) is 16.7 Å². The highest BCUT2D eigenvalue weighted by molar-refractivity contribution is 5.92. The summed E-state index contributed by atoms with van der Waals surface area (Å²) in [6.07, 6.45) is 0.661. The fraction of sp³-hybridized carbons (Fsp3) is 0.357. The summed E-state index contributed by atoms with van der Waals surface area (Å²) in [5.41, 5.74) is 0.877. The predicted molar refractivity (Wildman–Crippen MR) is 75.4 cm³/mol. The lowest BCUT2D eigenvalue weighted by atomic mass is 10.2. The van der Waals surface area contributed by atoms with Gasteiger partial charge in [0.05, 0.1) is 23.2 Å². The molecule has 1 aromatic heterocycles. The van der Waals surface area contributed by atoms with E-state index in [9.17, 15) is 14.4 Å². The first-order valence-electron chi connectivity index (χ1n) is 6.64. The van der Waals surface area contributed by atoms with E-state index in [1.54, 1.807) is 13.0 Å². The summed E-state index contributed by atoms with van der Waals surface area (Å²) in [4.78, 5) is 36.8. The Morgan fingerprint density at radius 2 is 2.14 bits per heavy atom. The molecule has 21 heavy (non-hydrogen) atoms. The number of fused-ring (bicyclic) bond motifs is 1. The van der Waals surface area contributed by atoms with E-state index >= 15 is 0 Å². The predicted octanol–water partition coefficient (Wildman–Crippen LogP) is 1.37. The number of aromatic amines is 1. The number of aryl methyl sites for hydroxylation is 1. The van der Waals surface area contributed by atoms with Crippen LogP contribution >= 0.6 is 0 Å². The molecule has 0 saturated carbocycles. The minimum atomic E-state index is -1.05. The van der Waals surface area contributed by atoms with E-state index in [1.807, 2.05) is 0 Å². The molecule has 0 amide bonds. The Kier molecular flexibility index (Phi) is 4.42. The highest BCUT2D eigenvalue weighted by Gasteiger charge is 2.11. The van der Waals surface area contributed by atoms with Crippen LogP contribution in [-0.4, -0.2) is 33.2 Å². The molecule has 0 radical (unpaired) electrons. The van der Waals surface area contributed by atoms with Crippen LogP contribution in [0.4, 0.5) is 0 Å². The topological polar surface area (TPSA) is 101 Å².